The first-order valence-corrected chi connectivity index (χ1v) is 8.90. The van der Waals surface area contributed by atoms with Crippen LogP contribution < -0.4 is 0 Å². The van der Waals surface area contributed by atoms with Crippen molar-refractivity contribution in [3.63, 3.8) is 0 Å². The molecule has 0 aliphatic heterocycles. The van der Waals surface area contributed by atoms with Crippen LogP contribution in [0.25, 0.3) is 0 Å². The molecule has 0 aromatic carbocycles. The van der Waals surface area contributed by atoms with Crippen molar-refractivity contribution < 1.29 is 0 Å². The van der Waals surface area contributed by atoms with E-state index < -0.39 is 8.07 Å². The van der Waals surface area contributed by atoms with E-state index in [0.717, 1.165) is 12.4 Å². The van der Waals surface area contributed by atoms with Crippen molar-refractivity contribution in [2.24, 2.45) is 0 Å². The van der Waals surface area contributed by atoms with Crippen molar-refractivity contribution in [1.29, 1.82) is 0 Å². The Labute approximate surface area is 87.0 Å². The van der Waals surface area contributed by atoms with Gasteiger partial charge in [0.2, 0.25) is 0 Å². The van der Waals surface area contributed by atoms with Gasteiger partial charge >= 0.3 is 0 Å². The summed E-state index contributed by atoms with van der Waals surface area (Å²) in [4.78, 5) is 2.28. The second-order valence-electron chi connectivity index (χ2n) is 4.21. The molecule has 0 saturated carbocycles. The van der Waals surface area contributed by atoms with Crippen molar-refractivity contribution in [3.05, 3.63) is 0 Å². The fourth-order valence-corrected chi connectivity index (χ4v) is 5.10. The van der Waals surface area contributed by atoms with E-state index in [1.54, 1.807) is 0 Å². The molecule has 0 aromatic heterocycles. The van der Waals surface area contributed by atoms with Gasteiger partial charge in [-0.15, -0.1) is 23.2 Å². The van der Waals surface area contributed by atoms with Crippen LogP contribution in [0.3, 0.4) is 0 Å². The normalized spacial score (nSPS) is 15.2. The summed E-state index contributed by atoms with van der Waals surface area (Å²) in [7, 11) is 0.953. The summed E-state index contributed by atoms with van der Waals surface area (Å²) in [6, 6.07) is 0. The molecule has 0 saturated heterocycles. The quantitative estimate of drug-likeness (QED) is 0.516. The molecule has 1 unspecified atom stereocenters. The Hall–Kier alpha value is 0.757. The lowest BCUT2D eigenvalue weighted by Gasteiger charge is -2.35. The topological polar surface area (TPSA) is 3.24 Å². The summed E-state index contributed by atoms with van der Waals surface area (Å²) >= 11 is 11.6. The minimum atomic E-state index is -1.15. The molecule has 74 valence electrons. The molecule has 0 aromatic rings. The van der Waals surface area contributed by atoms with Gasteiger partial charge in [-0.3, -0.25) is 0 Å². The van der Waals surface area contributed by atoms with Crippen LogP contribution in [0.5, 0.6) is 0 Å². The number of alkyl halides is 2. The molecular formula is C8H19Cl2NSi. The van der Waals surface area contributed by atoms with Gasteiger partial charge < -0.3 is 4.90 Å². The number of hydrogen-bond acceptors (Lipinski definition) is 1. The first-order valence-electron chi connectivity index (χ1n) is 4.25. The number of nitrogens with zero attached hydrogens (tertiary/aromatic N) is 1. The van der Waals surface area contributed by atoms with Gasteiger partial charge in [-0.25, -0.2) is 0 Å². The lowest BCUT2D eigenvalue weighted by atomic mass is 10.6. The van der Waals surface area contributed by atoms with Gasteiger partial charge in [-0.1, -0.05) is 19.6 Å². The monoisotopic (exact) mass is 227 g/mol. The zero-order chi connectivity index (χ0) is 9.78. The summed E-state index contributed by atoms with van der Waals surface area (Å²) in [5.74, 6) is 1.41. The van der Waals surface area contributed by atoms with E-state index in [4.69, 9.17) is 23.2 Å². The Kier molecular flexibility index (Phi) is 5.82. The van der Waals surface area contributed by atoms with Gasteiger partial charge in [-0.05, 0) is 7.05 Å². The van der Waals surface area contributed by atoms with E-state index in [1.165, 1.54) is 0 Å². The molecule has 0 rings (SSSR count). The van der Waals surface area contributed by atoms with E-state index in [2.05, 4.69) is 31.6 Å². The van der Waals surface area contributed by atoms with Gasteiger partial charge in [0.15, 0.2) is 0 Å². The molecule has 0 bridgehead atoms. The van der Waals surface area contributed by atoms with E-state index in [9.17, 15) is 0 Å². The van der Waals surface area contributed by atoms with Gasteiger partial charge in [0.25, 0.3) is 0 Å². The lowest BCUT2D eigenvalue weighted by molar-refractivity contribution is 0.335. The minimum Gasteiger partial charge on any atom is -0.304 e. The Morgan fingerprint density at radius 1 is 1.25 bits per heavy atom. The van der Waals surface area contributed by atoms with Crippen molar-refractivity contribution in [3.8, 4) is 0 Å². The maximum Gasteiger partial charge on any atom is 0.0653 e. The van der Waals surface area contributed by atoms with Crippen molar-refractivity contribution in [2.45, 2.75) is 25.3 Å². The summed E-state index contributed by atoms with van der Waals surface area (Å²) in [6.45, 7) is 7.95. The van der Waals surface area contributed by atoms with Crippen molar-refractivity contribution >= 4 is 31.3 Å². The molecule has 0 aliphatic carbocycles. The molecule has 1 nitrogen and oxygen atoms in total. The van der Waals surface area contributed by atoms with Crippen LogP contribution in [-0.2, 0) is 0 Å². The van der Waals surface area contributed by atoms with Crippen LogP contribution in [0, 0.1) is 0 Å². The summed E-state index contributed by atoms with van der Waals surface area (Å²) in [5.41, 5.74) is 0.540. The average Bonchev–Trinajstić information content (AvgIpc) is 1.85. The van der Waals surface area contributed by atoms with E-state index in [0.29, 0.717) is 11.5 Å². The van der Waals surface area contributed by atoms with Crippen LogP contribution in [0.2, 0.25) is 19.6 Å². The maximum absolute atomic E-state index is 5.93. The summed E-state index contributed by atoms with van der Waals surface area (Å²) < 4.78 is 0. The third-order valence-corrected chi connectivity index (χ3v) is 5.48. The number of rotatable bonds is 5. The molecule has 4 heteroatoms. The maximum atomic E-state index is 5.93. The predicted octanol–water partition coefficient (Wildman–Crippen LogP) is 2.64. The largest absolute Gasteiger partial charge is 0.304 e. The Morgan fingerprint density at radius 2 is 1.75 bits per heavy atom. The minimum absolute atomic E-state index is 0.540. The van der Waals surface area contributed by atoms with E-state index in [1.807, 2.05) is 0 Å². The van der Waals surface area contributed by atoms with Gasteiger partial charge in [0.05, 0.1) is 8.07 Å². The highest BCUT2D eigenvalue weighted by Gasteiger charge is 2.28. The van der Waals surface area contributed by atoms with Crippen LogP contribution >= 0.6 is 23.2 Å². The molecule has 0 amide bonds. The smallest absolute Gasteiger partial charge is 0.0653 e. The first-order chi connectivity index (χ1) is 5.43. The predicted molar refractivity (Wildman–Crippen MR) is 61.2 cm³/mol. The summed E-state index contributed by atoms with van der Waals surface area (Å²) in [5, 5.41) is 0. The highest BCUT2D eigenvalue weighted by Crippen LogP contribution is 2.14. The van der Waals surface area contributed by atoms with Gasteiger partial charge in [-0.2, -0.15) is 0 Å². The van der Waals surface area contributed by atoms with E-state index in [-0.39, 0.29) is 0 Å². The molecule has 0 aliphatic rings. The second kappa shape index (κ2) is 5.48. The third kappa shape index (κ3) is 4.12. The second-order valence-corrected chi connectivity index (χ2v) is 10.3. The van der Waals surface area contributed by atoms with Crippen LogP contribution in [-0.4, -0.2) is 44.0 Å². The number of halogens is 2. The van der Waals surface area contributed by atoms with Crippen LogP contribution in [0.1, 0.15) is 0 Å². The van der Waals surface area contributed by atoms with Gasteiger partial charge in [0, 0.05) is 24.0 Å². The molecular weight excluding hydrogens is 209 g/mol. The Bertz CT molecular complexity index is 125. The molecule has 1 atom stereocenters. The van der Waals surface area contributed by atoms with Crippen LogP contribution in [0.15, 0.2) is 0 Å². The molecule has 0 heterocycles. The summed E-state index contributed by atoms with van der Waals surface area (Å²) in [6.07, 6.45) is 0. The fourth-order valence-electron chi connectivity index (χ4n) is 1.30. The fraction of sp³-hybridized carbons (Fsp3) is 1.00. The Morgan fingerprint density at radius 3 is 2.00 bits per heavy atom. The number of hydrogen-bond donors (Lipinski definition) is 0. The molecule has 0 fully saturated rings. The lowest BCUT2D eigenvalue weighted by Crippen LogP contribution is -2.51. The highest BCUT2D eigenvalue weighted by atomic mass is 35.5. The van der Waals surface area contributed by atoms with Gasteiger partial charge in [0.1, 0.15) is 0 Å². The highest BCUT2D eigenvalue weighted by molar-refractivity contribution is 6.78. The SMILES string of the molecule is CN(CCCl)C(CCl)[Si](C)(C)C. The molecule has 0 radical (unpaired) electrons. The zero-order valence-corrected chi connectivity index (χ0v) is 10.9. The van der Waals surface area contributed by atoms with E-state index >= 15 is 0 Å². The zero-order valence-electron chi connectivity index (χ0n) is 8.40. The molecule has 0 N–H and O–H groups in total. The van der Waals surface area contributed by atoms with Crippen molar-refractivity contribution in [2.75, 3.05) is 25.4 Å². The molecule has 0 spiro atoms. The Balaban J connectivity index is 4.14. The standard InChI is InChI=1S/C8H19Cl2NSi/c1-11(6-5-9)8(7-10)12(2,3)4/h8H,5-7H2,1-4H3. The third-order valence-electron chi connectivity index (χ3n) is 2.12. The average molecular weight is 228 g/mol. The van der Waals surface area contributed by atoms with Crippen LogP contribution in [0.4, 0.5) is 0 Å². The first kappa shape index (κ1) is 12.8. The molecule has 12 heavy (non-hydrogen) atoms. The van der Waals surface area contributed by atoms with Crippen molar-refractivity contribution in [1.82, 2.24) is 4.90 Å².